The smallest absolute Gasteiger partial charge is 0.330 e. The molecule has 0 spiro atoms. The molecule has 1 aliphatic rings. The molecule has 1 aromatic rings. The summed E-state index contributed by atoms with van der Waals surface area (Å²) in [4.78, 5) is 13.6. The van der Waals surface area contributed by atoms with Crippen molar-refractivity contribution in [2.75, 3.05) is 24.6 Å². The van der Waals surface area contributed by atoms with Gasteiger partial charge in [-0.2, -0.15) is 0 Å². The third-order valence-corrected chi connectivity index (χ3v) is 3.06. The average molecular weight is 245 g/mol. The molecule has 1 saturated heterocycles. The van der Waals surface area contributed by atoms with Crippen LogP contribution >= 0.6 is 0 Å². The molecule has 2 rings (SSSR count). The Morgan fingerprint density at radius 1 is 1.28 bits per heavy atom. The van der Waals surface area contributed by atoms with Crippen molar-refractivity contribution in [3.05, 3.63) is 35.9 Å². The van der Waals surface area contributed by atoms with Gasteiger partial charge in [-0.15, -0.1) is 0 Å². The zero-order chi connectivity index (χ0) is 12.8. The molecule has 1 aliphatic heterocycles. The number of anilines is 1. The summed E-state index contributed by atoms with van der Waals surface area (Å²) in [6.45, 7) is 4.52. The van der Waals surface area contributed by atoms with Crippen molar-refractivity contribution in [1.29, 1.82) is 0 Å². The van der Waals surface area contributed by atoms with Gasteiger partial charge >= 0.3 is 5.97 Å². The van der Waals surface area contributed by atoms with Crippen molar-refractivity contribution in [2.45, 2.75) is 19.8 Å². The van der Waals surface area contributed by atoms with Crippen molar-refractivity contribution < 1.29 is 9.53 Å². The van der Waals surface area contributed by atoms with E-state index < -0.39 is 0 Å². The number of carbonyl (C=O) groups is 1. The number of benzene rings is 1. The molecule has 1 aromatic carbocycles. The lowest BCUT2D eigenvalue weighted by Gasteiger charge is -2.17. The Hall–Kier alpha value is -1.77. The second-order valence-corrected chi connectivity index (χ2v) is 4.37. The lowest BCUT2D eigenvalue weighted by atomic mass is 10.2. The normalized spacial score (nSPS) is 15.3. The molecule has 3 nitrogen and oxygen atoms in total. The Morgan fingerprint density at radius 3 is 2.56 bits per heavy atom. The average Bonchev–Trinajstić information content (AvgIpc) is 2.91. The molecule has 0 aromatic heterocycles. The van der Waals surface area contributed by atoms with Gasteiger partial charge in [0.2, 0.25) is 0 Å². The molecule has 0 radical (unpaired) electrons. The summed E-state index contributed by atoms with van der Waals surface area (Å²) in [5.41, 5.74) is 2.28. The van der Waals surface area contributed by atoms with Gasteiger partial charge in [0.25, 0.3) is 0 Å². The van der Waals surface area contributed by atoms with Crippen molar-refractivity contribution in [2.24, 2.45) is 0 Å². The highest BCUT2D eigenvalue weighted by Gasteiger charge is 2.11. The monoisotopic (exact) mass is 245 g/mol. The molecule has 1 heterocycles. The van der Waals surface area contributed by atoms with Crippen LogP contribution in [0.1, 0.15) is 25.3 Å². The Balaban J connectivity index is 1.96. The molecular weight excluding hydrogens is 226 g/mol. The van der Waals surface area contributed by atoms with E-state index in [9.17, 15) is 4.79 Å². The van der Waals surface area contributed by atoms with Crippen LogP contribution in [0.25, 0.3) is 6.08 Å². The predicted octanol–water partition coefficient (Wildman–Crippen LogP) is 2.86. The molecule has 3 heteroatoms. The number of carbonyl (C=O) groups excluding carboxylic acids is 1. The topological polar surface area (TPSA) is 29.5 Å². The van der Waals surface area contributed by atoms with Crippen LogP contribution in [-0.4, -0.2) is 25.7 Å². The van der Waals surface area contributed by atoms with Gasteiger partial charge in [0, 0.05) is 24.9 Å². The molecule has 0 unspecified atom stereocenters. The quantitative estimate of drug-likeness (QED) is 0.603. The van der Waals surface area contributed by atoms with E-state index >= 15 is 0 Å². The largest absolute Gasteiger partial charge is 0.463 e. The van der Waals surface area contributed by atoms with E-state index in [-0.39, 0.29) is 5.97 Å². The minimum absolute atomic E-state index is 0.291. The first-order chi connectivity index (χ1) is 8.79. The standard InChI is InChI=1S/C15H19NO2/c1-2-18-15(17)10-7-13-5-8-14(9-6-13)16-11-3-4-12-16/h5-10H,2-4,11-12H2,1H3. The number of rotatable bonds is 4. The zero-order valence-corrected chi connectivity index (χ0v) is 10.8. The zero-order valence-electron chi connectivity index (χ0n) is 10.8. The Bertz CT molecular complexity index is 417. The van der Waals surface area contributed by atoms with Crippen LogP contribution < -0.4 is 4.90 Å². The highest BCUT2D eigenvalue weighted by molar-refractivity contribution is 5.87. The van der Waals surface area contributed by atoms with E-state index in [2.05, 4.69) is 17.0 Å². The van der Waals surface area contributed by atoms with Crippen LogP contribution in [0, 0.1) is 0 Å². The number of nitrogens with zero attached hydrogens (tertiary/aromatic N) is 1. The fourth-order valence-corrected chi connectivity index (χ4v) is 2.13. The van der Waals surface area contributed by atoms with E-state index in [0.717, 1.165) is 18.7 Å². The summed E-state index contributed by atoms with van der Waals surface area (Å²) in [5.74, 6) is -0.291. The van der Waals surface area contributed by atoms with Gasteiger partial charge in [-0.25, -0.2) is 4.79 Å². The maximum atomic E-state index is 11.2. The van der Waals surface area contributed by atoms with Crippen molar-refractivity contribution >= 4 is 17.7 Å². The minimum atomic E-state index is -0.291. The number of ether oxygens (including phenoxy) is 1. The van der Waals surface area contributed by atoms with E-state index in [1.807, 2.05) is 12.1 Å². The molecule has 96 valence electrons. The van der Waals surface area contributed by atoms with Gasteiger partial charge in [-0.05, 0) is 43.5 Å². The molecular formula is C15H19NO2. The van der Waals surface area contributed by atoms with Crippen LogP contribution in [0.3, 0.4) is 0 Å². The Kier molecular flexibility index (Phi) is 4.40. The van der Waals surface area contributed by atoms with Crippen LogP contribution in [0.5, 0.6) is 0 Å². The van der Waals surface area contributed by atoms with E-state index in [1.165, 1.54) is 24.6 Å². The SMILES string of the molecule is CCOC(=O)C=Cc1ccc(N2CCCC2)cc1. The van der Waals surface area contributed by atoms with Crippen molar-refractivity contribution in [1.82, 2.24) is 0 Å². The van der Waals surface area contributed by atoms with Crippen LogP contribution in [0.4, 0.5) is 5.69 Å². The first-order valence-electron chi connectivity index (χ1n) is 6.49. The third-order valence-electron chi connectivity index (χ3n) is 3.06. The summed E-state index contributed by atoms with van der Waals surface area (Å²) in [5, 5.41) is 0. The van der Waals surface area contributed by atoms with E-state index in [4.69, 9.17) is 4.74 Å². The van der Waals surface area contributed by atoms with Crippen LogP contribution in [0.2, 0.25) is 0 Å². The number of esters is 1. The molecule has 0 N–H and O–H groups in total. The summed E-state index contributed by atoms with van der Waals surface area (Å²) in [6, 6.07) is 8.28. The third kappa shape index (κ3) is 3.36. The van der Waals surface area contributed by atoms with Gasteiger partial charge in [-0.1, -0.05) is 12.1 Å². The van der Waals surface area contributed by atoms with Gasteiger partial charge < -0.3 is 9.64 Å². The second kappa shape index (κ2) is 6.24. The maximum absolute atomic E-state index is 11.2. The van der Waals surface area contributed by atoms with Crippen molar-refractivity contribution in [3.8, 4) is 0 Å². The van der Waals surface area contributed by atoms with Gasteiger partial charge in [0.15, 0.2) is 0 Å². The summed E-state index contributed by atoms with van der Waals surface area (Å²) >= 11 is 0. The Morgan fingerprint density at radius 2 is 1.94 bits per heavy atom. The Labute approximate surface area is 108 Å². The number of hydrogen-bond donors (Lipinski definition) is 0. The summed E-state index contributed by atoms with van der Waals surface area (Å²) in [7, 11) is 0. The van der Waals surface area contributed by atoms with Crippen molar-refractivity contribution in [3.63, 3.8) is 0 Å². The second-order valence-electron chi connectivity index (χ2n) is 4.37. The van der Waals surface area contributed by atoms with Crippen LogP contribution in [-0.2, 0) is 9.53 Å². The fraction of sp³-hybridized carbons (Fsp3) is 0.400. The lowest BCUT2D eigenvalue weighted by molar-refractivity contribution is -0.137. The lowest BCUT2D eigenvalue weighted by Crippen LogP contribution is -2.17. The molecule has 0 atom stereocenters. The molecule has 0 amide bonds. The molecule has 1 fully saturated rings. The maximum Gasteiger partial charge on any atom is 0.330 e. The molecule has 0 saturated carbocycles. The van der Waals surface area contributed by atoms with Gasteiger partial charge in [0.05, 0.1) is 6.61 Å². The fourth-order valence-electron chi connectivity index (χ4n) is 2.13. The minimum Gasteiger partial charge on any atom is -0.463 e. The predicted molar refractivity (Wildman–Crippen MR) is 73.6 cm³/mol. The van der Waals surface area contributed by atoms with E-state index in [0.29, 0.717) is 6.61 Å². The summed E-state index contributed by atoms with van der Waals surface area (Å²) in [6.07, 6.45) is 5.81. The molecule has 18 heavy (non-hydrogen) atoms. The van der Waals surface area contributed by atoms with E-state index in [1.54, 1.807) is 13.0 Å². The van der Waals surface area contributed by atoms with Gasteiger partial charge in [-0.3, -0.25) is 0 Å². The summed E-state index contributed by atoms with van der Waals surface area (Å²) < 4.78 is 4.83. The molecule has 0 aliphatic carbocycles. The molecule has 0 bridgehead atoms. The number of hydrogen-bond acceptors (Lipinski definition) is 3. The first kappa shape index (κ1) is 12.7. The highest BCUT2D eigenvalue weighted by atomic mass is 16.5. The van der Waals surface area contributed by atoms with Crippen LogP contribution in [0.15, 0.2) is 30.3 Å². The first-order valence-corrected chi connectivity index (χ1v) is 6.49. The van der Waals surface area contributed by atoms with Gasteiger partial charge in [0.1, 0.15) is 0 Å². The highest BCUT2D eigenvalue weighted by Crippen LogP contribution is 2.20.